The molecule has 1 aromatic rings. The lowest BCUT2D eigenvalue weighted by molar-refractivity contribution is 0.0657. The van der Waals surface area contributed by atoms with Gasteiger partial charge in [0.15, 0.2) is 0 Å². The van der Waals surface area contributed by atoms with E-state index in [1.54, 1.807) is 0 Å². The van der Waals surface area contributed by atoms with Crippen molar-refractivity contribution in [2.75, 3.05) is 13.2 Å². The first-order valence-corrected chi connectivity index (χ1v) is 6.21. The van der Waals surface area contributed by atoms with Gasteiger partial charge >= 0.3 is 0 Å². The molecule has 0 aliphatic heterocycles. The van der Waals surface area contributed by atoms with Crippen molar-refractivity contribution >= 4 is 11.6 Å². The van der Waals surface area contributed by atoms with Crippen LogP contribution >= 0.6 is 11.6 Å². The number of hydrogen-bond donors (Lipinski definition) is 1. The minimum absolute atomic E-state index is 0.0198. The summed E-state index contributed by atoms with van der Waals surface area (Å²) in [6.45, 7) is 7.07. The van der Waals surface area contributed by atoms with E-state index in [-0.39, 0.29) is 12.1 Å². The number of rotatable bonds is 6. The maximum atomic E-state index is 6.13. The highest BCUT2D eigenvalue weighted by atomic mass is 35.5. The van der Waals surface area contributed by atoms with Crippen molar-refractivity contribution in [2.24, 2.45) is 5.73 Å². The number of hydrogen-bond acceptors (Lipinski definition) is 3. The van der Waals surface area contributed by atoms with Gasteiger partial charge < -0.3 is 15.2 Å². The number of benzene rings is 1. The molecule has 0 radical (unpaired) electrons. The van der Waals surface area contributed by atoms with E-state index in [1.807, 2.05) is 39.0 Å². The Labute approximate surface area is 108 Å². The summed E-state index contributed by atoms with van der Waals surface area (Å²) >= 11 is 6.13. The quantitative estimate of drug-likeness (QED) is 0.851. The first-order valence-electron chi connectivity index (χ1n) is 5.84. The Kier molecular flexibility index (Phi) is 5.75. The molecule has 1 aromatic carbocycles. The van der Waals surface area contributed by atoms with Gasteiger partial charge in [-0.2, -0.15) is 0 Å². The second-order valence-electron chi connectivity index (χ2n) is 4.07. The van der Waals surface area contributed by atoms with E-state index in [1.165, 1.54) is 0 Å². The van der Waals surface area contributed by atoms with Crippen LogP contribution in [-0.2, 0) is 4.74 Å². The molecular weight excluding hydrogens is 238 g/mol. The zero-order valence-electron chi connectivity index (χ0n) is 10.6. The monoisotopic (exact) mass is 257 g/mol. The Bertz CT molecular complexity index is 355. The van der Waals surface area contributed by atoms with Gasteiger partial charge in [0, 0.05) is 12.6 Å². The van der Waals surface area contributed by atoms with E-state index in [4.69, 9.17) is 26.8 Å². The molecule has 0 spiro atoms. The molecule has 96 valence electrons. The lowest BCUT2D eigenvalue weighted by atomic mass is 10.1. The average Bonchev–Trinajstić information content (AvgIpc) is 2.28. The van der Waals surface area contributed by atoms with Crippen LogP contribution in [0, 0.1) is 0 Å². The second kappa shape index (κ2) is 6.84. The summed E-state index contributed by atoms with van der Waals surface area (Å²) in [6, 6.07) is 5.60. The maximum Gasteiger partial charge on any atom is 0.138 e. The molecule has 0 bridgehead atoms. The van der Waals surface area contributed by atoms with Crippen molar-refractivity contribution < 1.29 is 9.47 Å². The van der Waals surface area contributed by atoms with Crippen LogP contribution in [0.2, 0.25) is 5.02 Å². The highest BCUT2D eigenvalue weighted by Crippen LogP contribution is 2.28. The summed E-state index contributed by atoms with van der Waals surface area (Å²) in [5, 5.41) is 0.586. The second-order valence-corrected chi connectivity index (χ2v) is 4.47. The van der Waals surface area contributed by atoms with Gasteiger partial charge in [0.1, 0.15) is 11.9 Å². The molecule has 0 aliphatic rings. The molecule has 17 heavy (non-hydrogen) atoms. The van der Waals surface area contributed by atoms with Crippen molar-refractivity contribution in [2.45, 2.75) is 32.9 Å². The molecule has 1 rings (SSSR count). The topological polar surface area (TPSA) is 44.5 Å². The minimum atomic E-state index is -0.0256. The van der Waals surface area contributed by atoms with E-state index in [2.05, 4.69) is 0 Å². The van der Waals surface area contributed by atoms with E-state index in [9.17, 15) is 0 Å². The van der Waals surface area contributed by atoms with E-state index in [0.717, 1.165) is 5.56 Å². The largest absolute Gasteiger partial charge is 0.487 e. The Balaban J connectivity index is 2.65. The van der Waals surface area contributed by atoms with Crippen LogP contribution in [0.1, 0.15) is 32.4 Å². The van der Waals surface area contributed by atoms with Crippen molar-refractivity contribution in [3.63, 3.8) is 0 Å². The van der Waals surface area contributed by atoms with E-state index < -0.39 is 0 Å². The summed E-state index contributed by atoms with van der Waals surface area (Å²) in [5.41, 5.74) is 6.78. The molecule has 4 heteroatoms. The van der Waals surface area contributed by atoms with Gasteiger partial charge in [-0.3, -0.25) is 0 Å². The average molecular weight is 258 g/mol. The molecule has 2 atom stereocenters. The summed E-state index contributed by atoms with van der Waals surface area (Å²) in [7, 11) is 0. The van der Waals surface area contributed by atoms with E-state index in [0.29, 0.717) is 24.0 Å². The third-order valence-corrected chi connectivity index (χ3v) is 2.66. The Morgan fingerprint density at radius 3 is 2.59 bits per heavy atom. The third-order valence-electron chi connectivity index (χ3n) is 2.37. The summed E-state index contributed by atoms with van der Waals surface area (Å²) in [4.78, 5) is 0. The molecule has 2 N–H and O–H groups in total. The van der Waals surface area contributed by atoms with Gasteiger partial charge in [-0.05, 0) is 38.5 Å². The number of nitrogens with two attached hydrogens (primary N) is 1. The van der Waals surface area contributed by atoms with Crippen molar-refractivity contribution in [3.8, 4) is 5.75 Å². The van der Waals surface area contributed by atoms with Crippen LogP contribution < -0.4 is 10.5 Å². The number of halogens is 1. The van der Waals surface area contributed by atoms with E-state index >= 15 is 0 Å². The maximum absolute atomic E-state index is 6.13. The smallest absolute Gasteiger partial charge is 0.138 e. The zero-order valence-corrected chi connectivity index (χ0v) is 11.3. The molecule has 0 aliphatic carbocycles. The highest BCUT2D eigenvalue weighted by molar-refractivity contribution is 6.32. The molecule has 0 heterocycles. The van der Waals surface area contributed by atoms with Gasteiger partial charge in [-0.15, -0.1) is 0 Å². The van der Waals surface area contributed by atoms with Gasteiger partial charge in [-0.25, -0.2) is 0 Å². The van der Waals surface area contributed by atoms with Crippen LogP contribution in [0.3, 0.4) is 0 Å². The van der Waals surface area contributed by atoms with Crippen LogP contribution in [0.15, 0.2) is 18.2 Å². The Morgan fingerprint density at radius 2 is 2.06 bits per heavy atom. The Morgan fingerprint density at radius 1 is 1.35 bits per heavy atom. The van der Waals surface area contributed by atoms with Crippen molar-refractivity contribution in [1.29, 1.82) is 0 Å². The van der Waals surface area contributed by atoms with Gasteiger partial charge in [0.2, 0.25) is 0 Å². The predicted molar refractivity (Wildman–Crippen MR) is 70.6 cm³/mol. The molecule has 1 unspecified atom stereocenters. The SMILES string of the molecule is CCOCC(C)Oc1ccc([C@H](C)N)cc1Cl. The molecule has 0 fully saturated rings. The molecular formula is C13H20ClNO2. The first kappa shape index (κ1) is 14.3. The lowest BCUT2D eigenvalue weighted by Gasteiger charge is -2.16. The summed E-state index contributed by atoms with van der Waals surface area (Å²) in [6.07, 6.45) is -0.0198. The van der Waals surface area contributed by atoms with Crippen LogP contribution in [0.25, 0.3) is 0 Å². The highest BCUT2D eigenvalue weighted by Gasteiger charge is 2.09. The predicted octanol–water partition coefficient (Wildman–Crippen LogP) is 3.16. The Hall–Kier alpha value is -0.770. The van der Waals surface area contributed by atoms with Gasteiger partial charge in [0.25, 0.3) is 0 Å². The number of ether oxygens (including phenoxy) is 2. The molecule has 0 saturated heterocycles. The van der Waals surface area contributed by atoms with Crippen molar-refractivity contribution in [1.82, 2.24) is 0 Å². The fourth-order valence-electron chi connectivity index (χ4n) is 1.43. The van der Waals surface area contributed by atoms with Gasteiger partial charge in [-0.1, -0.05) is 17.7 Å². The van der Waals surface area contributed by atoms with Gasteiger partial charge in [0.05, 0.1) is 11.6 Å². The van der Waals surface area contributed by atoms with Crippen LogP contribution in [0.5, 0.6) is 5.75 Å². The van der Waals surface area contributed by atoms with Crippen LogP contribution in [0.4, 0.5) is 0 Å². The normalized spacial score (nSPS) is 14.4. The fourth-order valence-corrected chi connectivity index (χ4v) is 1.66. The lowest BCUT2D eigenvalue weighted by Crippen LogP contribution is -2.19. The first-order chi connectivity index (χ1) is 8.04. The standard InChI is InChI=1S/C13H20ClNO2/c1-4-16-8-9(2)17-13-6-5-11(10(3)15)7-12(13)14/h5-7,9-10H,4,8,15H2,1-3H3/t9?,10-/m0/s1. The zero-order chi connectivity index (χ0) is 12.8. The van der Waals surface area contributed by atoms with Crippen LogP contribution in [-0.4, -0.2) is 19.3 Å². The molecule has 3 nitrogen and oxygen atoms in total. The molecule has 0 aromatic heterocycles. The third kappa shape index (κ3) is 4.54. The summed E-state index contributed by atoms with van der Waals surface area (Å²) < 4.78 is 11.0. The van der Waals surface area contributed by atoms with Crippen molar-refractivity contribution in [3.05, 3.63) is 28.8 Å². The fraction of sp³-hybridized carbons (Fsp3) is 0.538. The molecule has 0 saturated carbocycles. The minimum Gasteiger partial charge on any atom is -0.487 e. The summed E-state index contributed by atoms with van der Waals surface area (Å²) in [5.74, 6) is 0.670. The molecule has 0 amide bonds.